The zero-order valence-corrected chi connectivity index (χ0v) is 18.1. The summed E-state index contributed by atoms with van der Waals surface area (Å²) in [5.74, 6) is 1.90. The van der Waals surface area contributed by atoms with Crippen molar-refractivity contribution < 1.29 is 9.53 Å². The minimum atomic E-state index is -0.0224. The number of aromatic nitrogens is 3. The van der Waals surface area contributed by atoms with E-state index in [1.165, 1.54) is 0 Å². The minimum Gasteiger partial charge on any atom is -0.381 e. The predicted molar refractivity (Wildman–Crippen MR) is 121 cm³/mol. The number of nitrogens with one attached hydrogen (secondary N) is 3. The van der Waals surface area contributed by atoms with Crippen LogP contribution in [0.25, 0.3) is 11.3 Å². The second kappa shape index (κ2) is 10.6. The lowest BCUT2D eigenvalue weighted by atomic mass is 9.93. The smallest absolute Gasteiger partial charge is 0.229 e. The fourth-order valence-corrected chi connectivity index (χ4v) is 4.16. The Hall–Kier alpha value is -2.58. The molecule has 2 aromatic rings. The van der Waals surface area contributed by atoms with Gasteiger partial charge in [-0.2, -0.15) is 0 Å². The van der Waals surface area contributed by atoms with E-state index in [0.717, 1.165) is 75.5 Å². The van der Waals surface area contributed by atoms with Crippen molar-refractivity contribution in [3.05, 3.63) is 30.7 Å². The number of anilines is 2. The molecule has 0 aliphatic carbocycles. The maximum Gasteiger partial charge on any atom is 0.229 e. The monoisotopic (exact) mass is 424 g/mol. The summed E-state index contributed by atoms with van der Waals surface area (Å²) in [5.41, 5.74) is 1.63. The Balaban J connectivity index is 1.37. The van der Waals surface area contributed by atoms with Crippen molar-refractivity contribution in [2.45, 2.75) is 45.1 Å². The van der Waals surface area contributed by atoms with Crippen LogP contribution in [0.2, 0.25) is 0 Å². The number of nitrogens with zero attached hydrogens (tertiary/aromatic N) is 3. The molecule has 2 aliphatic rings. The first kappa shape index (κ1) is 21.6. The quantitative estimate of drug-likeness (QED) is 0.628. The standard InChI is InChI=1S/C23H32N6O2/c1-2-19-4-3-18(13-26-19)23(30)29-21-11-17(5-8-25-21)20-14-24-15-22(28-20)27-12-16-6-9-31-10-7-16/h5,8,11,14-16,18-19,26H,2-4,6-7,9-10,12-13H2,1H3,(H,27,28)(H,25,29,30)/t18-,19-/m1/s1. The Morgan fingerprint density at radius 1 is 1.19 bits per heavy atom. The van der Waals surface area contributed by atoms with E-state index in [9.17, 15) is 4.79 Å². The second-order valence-corrected chi connectivity index (χ2v) is 8.43. The highest BCUT2D eigenvalue weighted by molar-refractivity contribution is 5.92. The first-order chi connectivity index (χ1) is 15.2. The fraction of sp³-hybridized carbons (Fsp3) is 0.565. The van der Waals surface area contributed by atoms with Gasteiger partial charge in [0.2, 0.25) is 5.91 Å². The maximum atomic E-state index is 12.7. The molecule has 8 heteroatoms. The van der Waals surface area contributed by atoms with Crippen molar-refractivity contribution in [1.82, 2.24) is 20.3 Å². The highest BCUT2D eigenvalue weighted by Gasteiger charge is 2.25. The van der Waals surface area contributed by atoms with Gasteiger partial charge in [0.25, 0.3) is 0 Å². The molecule has 31 heavy (non-hydrogen) atoms. The second-order valence-electron chi connectivity index (χ2n) is 8.43. The number of rotatable bonds is 7. The zero-order chi connectivity index (χ0) is 21.5. The maximum absolute atomic E-state index is 12.7. The van der Waals surface area contributed by atoms with Gasteiger partial charge in [-0.3, -0.25) is 9.78 Å². The highest BCUT2D eigenvalue weighted by atomic mass is 16.5. The number of pyridine rings is 1. The molecule has 4 heterocycles. The molecule has 8 nitrogen and oxygen atoms in total. The fourth-order valence-electron chi connectivity index (χ4n) is 4.16. The molecule has 0 aromatic carbocycles. The topological polar surface area (TPSA) is 101 Å². The largest absolute Gasteiger partial charge is 0.381 e. The van der Waals surface area contributed by atoms with E-state index in [4.69, 9.17) is 9.72 Å². The van der Waals surface area contributed by atoms with Gasteiger partial charge in [-0.25, -0.2) is 9.97 Å². The van der Waals surface area contributed by atoms with Crippen LogP contribution in [0.15, 0.2) is 30.7 Å². The van der Waals surface area contributed by atoms with Crippen molar-refractivity contribution in [3.63, 3.8) is 0 Å². The number of ether oxygens (including phenoxy) is 1. The van der Waals surface area contributed by atoms with Crippen LogP contribution in [-0.4, -0.2) is 53.2 Å². The van der Waals surface area contributed by atoms with Crippen molar-refractivity contribution in [2.24, 2.45) is 11.8 Å². The Kier molecular flexibility index (Phi) is 7.43. The summed E-state index contributed by atoms with van der Waals surface area (Å²) in [4.78, 5) is 26.0. The van der Waals surface area contributed by atoms with E-state index in [1.807, 2.05) is 12.1 Å². The normalized spacial score (nSPS) is 22.1. The predicted octanol–water partition coefficient (Wildman–Crippen LogP) is 3.09. The number of carbonyl (C=O) groups excluding carboxylic acids is 1. The van der Waals surface area contributed by atoms with Crippen molar-refractivity contribution in [3.8, 4) is 11.3 Å². The van der Waals surface area contributed by atoms with E-state index < -0.39 is 0 Å². The van der Waals surface area contributed by atoms with Gasteiger partial charge in [-0.1, -0.05) is 6.92 Å². The third kappa shape index (κ3) is 5.98. The van der Waals surface area contributed by atoms with Gasteiger partial charge >= 0.3 is 0 Å². The molecule has 4 rings (SSSR count). The Morgan fingerprint density at radius 3 is 2.84 bits per heavy atom. The summed E-state index contributed by atoms with van der Waals surface area (Å²) in [5, 5.41) is 9.82. The first-order valence-electron chi connectivity index (χ1n) is 11.4. The molecule has 0 spiro atoms. The third-order valence-electron chi connectivity index (χ3n) is 6.23. The van der Waals surface area contributed by atoms with Crippen LogP contribution in [0.3, 0.4) is 0 Å². The number of carbonyl (C=O) groups is 1. The van der Waals surface area contributed by atoms with Gasteiger partial charge in [0.1, 0.15) is 11.6 Å². The molecular formula is C23H32N6O2. The van der Waals surface area contributed by atoms with Gasteiger partial charge in [0, 0.05) is 44.1 Å². The summed E-state index contributed by atoms with van der Waals surface area (Å²) in [7, 11) is 0. The molecule has 2 atom stereocenters. The molecule has 2 saturated heterocycles. The number of hydrogen-bond donors (Lipinski definition) is 3. The Labute approximate surface area is 183 Å². The van der Waals surface area contributed by atoms with Gasteiger partial charge in [0.05, 0.1) is 24.0 Å². The molecule has 0 bridgehead atoms. The number of piperidine rings is 1. The lowest BCUT2D eigenvalue weighted by Crippen LogP contribution is -2.43. The number of hydrogen-bond acceptors (Lipinski definition) is 7. The minimum absolute atomic E-state index is 0.0182. The zero-order valence-electron chi connectivity index (χ0n) is 18.1. The summed E-state index contributed by atoms with van der Waals surface area (Å²) in [6.45, 7) is 5.43. The highest BCUT2D eigenvalue weighted by Crippen LogP contribution is 2.22. The lowest BCUT2D eigenvalue weighted by molar-refractivity contribution is -0.120. The van der Waals surface area contributed by atoms with Gasteiger partial charge in [-0.05, 0) is 50.2 Å². The molecule has 0 radical (unpaired) electrons. The summed E-state index contributed by atoms with van der Waals surface area (Å²) >= 11 is 0. The lowest BCUT2D eigenvalue weighted by Gasteiger charge is -2.28. The average Bonchev–Trinajstić information content (AvgIpc) is 2.84. The van der Waals surface area contributed by atoms with Crippen LogP contribution in [-0.2, 0) is 9.53 Å². The van der Waals surface area contributed by atoms with Crippen LogP contribution < -0.4 is 16.0 Å². The van der Waals surface area contributed by atoms with E-state index in [1.54, 1.807) is 18.6 Å². The van der Waals surface area contributed by atoms with Gasteiger partial charge in [-0.15, -0.1) is 0 Å². The van der Waals surface area contributed by atoms with Gasteiger partial charge < -0.3 is 20.7 Å². The molecule has 0 saturated carbocycles. The molecule has 3 N–H and O–H groups in total. The Morgan fingerprint density at radius 2 is 2.06 bits per heavy atom. The SMILES string of the molecule is CC[C@@H]1CC[C@@H](C(=O)Nc2cc(-c3cncc(NCC4CCOCC4)n3)ccn2)CN1. The average molecular weight is 425 g/mol. The van der Waals surface area contributed by atoms with Crippen LogP contribution in [0.1, 0.15) is 39.0 Å². The van der Waals surface area contributed by atoms with E-state index in [0.29, 0.717) is 17.8 Å². The molecule has 1 amide bonds. The van der Waals surface area contributed by atoms with E-state index in [2.05, 4.69) is 32.8 Å². The van der Waals surface area contributed by atoms with Crippen LogP contribution in [0.5, 0.6) is 0 Å². The Bertz CT molecular complexity index is 863. The van der Waals surface area contributed by atoms with Crippen molar-refractivity contribution in [1.29, 1.82) is 0 Å². The molecule has 2 aromatic heterocycles. The van der Waals surface area contributed by atoms with Crippen molar-refractivity contribution in [2.75, 3.05) is 36.9 Å². The van der Waals surface area contributed by atoms with Crippen LogP contribution in [0, 0.1) is 11.8 Å². The molecule has 166 valence electrons. The summed E-state index contributed by atoms with van der Waals surface area (Å²) in [6.07, 6.45) is 10.4. The third-order valence-corrected chi connectivity index (χ3v) is 6.23. The van der Waals surface area contributed by atoms with E-state index in [-0.39, 0.29) is 11.8 Å². The number of amides is 1. The molecule has 2 aliphatic heterocycles. The molecule has 2 fully saturated rings. The molecular weight excluding hydrogens is 392 g/mol. The first-order valence-corrected chi connectivity index (χ1v) is 11.4. The summed E-state index contributed by atoms with van der Waals surface area (Å²) < 4.78 is 5.42. The molecule has 0 unspecified atom stereocenters. The summed E-state index contributed by atoms with van der Waals surface area (Å²) in [6, 6.07) is 4.27. The van der Waals surface area contributed by atoms with Crippen LogP contribution >= 0.6 is 0 Å². The van der Waals surface area contributed by atoms with Gasteiger partial charge in [0.15, 0.2) is 0 Å². The van der Waals surface area contributed by atoms with Crippen LogP contribution in [0.4, 0.5) is 11.6 Å². The van der Waals surface area contributed by atoms with Crippen molar-refractivity contribution >= 4 is 17.5 Å². The van der Waals surface area contributed by atoms with E-state index >= 15 is 0 Å².